The normalized spacial score (nSPS) is 13.8. The second kappa shape index (κ2) is 5.95. The molecular weight excluding hydrogens is 262 g/mol. The van der Waals surface area contributed by atoms with E-state index < -0.39 is 0 Å². The highest BCUT2D eigenvalue weighted by Gasteiger charge is 2.20. The molecule has 0 bridgehead atoms. The molecule has 1 aliphatic heterocycles. The lowest BCUT2D eigenvalue weighted by Gasteiger charge is -2.28. The molecule has 1 amide bonds. The summed E-state index contributed by atoms with van der Waals surface area (Å²) in [6, 6.07) is 11.7. The van der Waals surface area contributed by atoms with E-state index in [1.165, 1.54) is 0 Å². The first-order valence-electron chi connectivity index (χ1n) is 7.28. The molecule has 108 valence electrons. The Kier molecular flexibility index (Phi) is 3.86. The van der Waals surface area contributed by atoms with Crippen molar-refractivity contribution in [1.29, 1.82) is 0 Å². The highest BCUT2D eigenvalue weighted by Crippen LogP contribution is 2.18. The number of amides is 1. The molecule has 0 aliphatic carbocycles. The van der Waals surface area contributed by atoms with Crippen molar-refractivity contribution in [3.8, 4) is 0 Å². The number of nitrogens with two attached hydrogens (primary N) is 1. The molecule has 1 aromatic heterocycles. The lowest BCUT2D eigenvalue weighted by atomic mass is 10.0. The Morgan fingerprint density at radius 2 is 2.10 bits per heavy atom. The standard InChI is InChI=1S/C17H19N3O/c18-15-6-2-1-4-13(15)7-8-17(21)20-11-9-16-14(12-20)5-3-10-19-16/h1-6,10H,7-9,11-12,18H2. The van der Waals surface area contributed by atoms with Crippen LogP contribution in [0.1, 0.15) is 23.2 Å². The summed E-state index contributed by atoms with van der Waals surface area (Å²) in [6.07, 6.45) is 3.86. The van der Waals surface area contributed by atoms with E-state index >= 15 is 0 Å². The Labute approximate surface area is 124 Å². The second-order valence-electron chi connectivity index (χ2n) is 5.37. The van der Waals surface area contributed by atoms with Crippen molar-refractivity contribution in [2.45, 2.75) is 25.8 Å². The van der Waals surface area contributed by atoms with Crippen molar-refractivity contribution in [2.24, 2.45) is 0 Å². The molecule has 0 fully saturated rings. The van der Waals surface area contributed by atoms with Gasteiger partial charge in [-0.15, -0.1) is 0 Å². The van der Waals surface area contributed by atoms with Crippen LogP contribution in [0.15, 0.2) is 42.6 Å². The largest absolute Gasteiger partial charge is 0.399 e. The molecule has 1 aromatic carbocycles. The van der Waals surface area contributed by atoms with Crippen LogP contribution in [0.25, 0.3) is 0 Å². The van der Waals surface area contributed by atoms with Crippen molar-refractivity contribution in [1.82, 2.24) is 9.88 Å². The summed E-state index contributed by atoms with van der Waals surface area (Å²) in [4.78, 5) is 18.6. The third-order valence-corrected chi connectivity index (χ3v) is 3.98. The highest BCUT2D eigenvalue weighted by atomic mass is 16.2. The summed E-state index contributed by atoms with van der Waals surface area (Å²) in [7, 11) is 0. The summed E-state index contributed by atoms with van der Waals surface area (Å²) < 4.78 is 0. The highest BCUT2D eigenvalue weighted by molar-refractivity contribution is 5.77. The van der Waals surface area contributed by atoms with E-state index in [2.05, 4.69) is 11.1 Å². The van der Waals surface area contributed by atoms with Crippen molar-refractivity contribution < 1.29 is 4.79 Å². The van der Waals surface area contributed by atoms with Gasteiger partial charge in [-0.25, -0.2) is 0 Å². The SMILES string of the molecule is Nc1ccccc1CCC(=O)N1CCc2ncccc2C1. The number of pyridine rings is 1. The Hall–Kier alpha value is -2.36. The molecule has 0 radical (unpaired) electrons. The van der Waals surface area contributed by atoms with Crippen LogP contribution in [0, 0.1) is 0 Å². The first-order valence-corrected chi connectivity index (χ1v) is 7.28. The van der Waals surface area contributed by atoms with E-state index in [1.54, 1.807) is 0 Å². The molecule has 0 saturated carbocycles. The predicted molar refractivity (Wildman–Crippen MR) is 82.5 cm³/mol. The molecule has 2 heterocycles. The number of aryl methyl sites for hydroxylation is 1. The van der Waals surface area contributed by atoms with Crippen LogP contribution in [0.2, 0.25) is 0 Å². The van der Waals surface area contributed by atoms with Gasteiger partial charge in [0.05, 0.1) is 0 Å². The molecule has 2 N–H and O–H groups in total. The minimum atomic E-state index is 0.188. The van der Waals surface area contributed by atoms with Gasteiger partial charge in [-0.1, -0.05) is 24.3 Å². The fraction of sp³-hybridized carbons (Fsp3) is 0.294. The predicted octanol–water partition coefficient (Wildman–Crippen LogP) is 2.18. The van der Waals surface area contributed by atoms with Gasteiger partial charge in [0.1, 0.15) is 0 Å². The number of anilines is 1. The summed E-state index contributed by atoms with van der Waals surface area (Å²) >= 11 is 0. The molecule has 4 nitrogen and oxygen atoms in total. The zero-order valence-electron chi connectivity index (χ0n) is 12.0. The van der Waals surface area contributed by atoms with E-state index in [9.17, 15) is 4.79 Å². The van der Waals surface area contributed by atoms with Gasteiger partial charge in [-0.2, -0.15) is 0 Å². The lowest BCUT2D eigenvalue weighted by Crippen LogP contribution is -2.36. The summed E-state index contributed by atoms with van der Waals surface area (Å²) in [5.41, 5.74) is 10.0. The third kappa shape index (κ3) is 3.05. The van der Waals surface area contributed by atoms with Crippen LogP contribution in [-0.2, 0) is 24.2 Å². The van der Waals surface area contributed by atoms with E-state index in [-0.39, 0.29) is 5.91 Å². The van der Waals surface area contributed by atoms with Crippen molar-refractivity contribution in [3.63, 3.8) is 0 Å². The number of carbonyl (C=O) groups is 1. The van der Waals surface area contributed by atoms with Crippen LogP contribution in [0.5, 0.6) is 0 Å². The fourth-order valence-corrected chi connectivity index (χ4v) is 2.74. The summed E-state index contributed by atoms with van der Waals surface area (Å²) in [5, 5.41) is 0. The van der Waals surface area contributed by atoms with Gasteiger partial charge in [-0.05, 0) is 29.7 Å². The number of benzene rings is 1. The van der Waals surface area contributed by atoms with E-state index in [0.29, 0.717) is 19.4 Å². The summed E-state index contributed by atoms with van der Waals surface area (Å²) in [5.74, 6) is 0.188. The van der Waals surface area contributed by atoms with Crippen molar-refractivity contribution in [3.05, 3.63) is 59.4 Å². The minimum Gasteiger partial charge on any atom is -0.399 e. The van der Waals surface area contributed by atoms with Gasteiger partial charge in [0.2, 0.25) is 5.91 Å². The van der Waals surface area contributed by atoms with E-state index in [0.717, 1.165) is 35.5 Å². The van der Waals surface area contributed by atoms with E-state index in [1.807, 2.05) is 41.4 Å². The third-order valence-electron chi connectivity index (χ3n) is 3.98. The zero-order chi connectivity index (χ0) is 14.7. The second-order valence-corrected chi connectivity index (χ2v) is 5.37. The van der Waals surface area contributed by atoms with Crippen molar-refractivity contribution >= 4 is 11.6 Å². The van der Waals surface area contributed by atoms with E-state index in [4.69, 9.17) is 5.73 Å². The maximum Gasteiger partial charge on any atom is 0.223 e. The molecule has 1 aliphatic rings. The lowest BCUT2D eigenvalue weighted by molar-refractivity contribution is -0.132. The average Bonchev–Trinajstić information content (AvgIpc) is 2.53. The molecule has 2 aromatic rings. The topological polar surface area (TPSA) is 59.2 Å². The quantitative estimate of drug-likeness (QED) is 0.877. The van der Waals surface area contributed by atoms with Gasteiger partial charge in [-0.3, -0.25) is 9.78 Å². The molecule has 4 heteroatoms. The van der Waals surface area contributed by atoms with Gasteiger partial charge in [0, 0.05) is 43.5 Å². The number of carbonyl (C=O) groups excluding carboxylic acids is 1. The minimum absolute atomic E-state index is 0.188. The van der Waals surface area contributed by atoms with Gasteiger partial charge >= 0.3 is 0 Å². The smallest absolute Gasteiger partial charge is 0.223 e. The summed E-state index contributed by atoms with van der Waals surface area (Å²) in [6.45, 7) is 1.43. The number of nitrogens with zero attached hydrogens (tertiary/aromatic N) is 2. The molecule has 21 heavy (non-hydrogen) atoms. The number of rotatable bonds is 3. The Morgan fingerprint density at radius 1 is 1.24 bits per heavy atom. The average molecular weight is 281 g/mol. The van der Waals surface area contributed by atoms with Gasteiger partial charge in [0.25, 0.3) is 0 Å². The number of hydrogen-bond acceptors (Lipinski definition) is 3. The first-order chi connectivity index (χ1) is 10.2. The Balaban J connectivity index is 1.61. The zero-order valence-corrected chi connectivity index (χ0v) is 12.0. The number of hydrogen-bond donors (Lipinski definition) is 1. The monoisotopic (exact) mass is 281 g/mol. The number of nitrogen functional groups attached to an aromatic ring is 1. The molecule has 0 spiro atoms. The first kappa shape index (κ1) is 13.6. The molecular formula is C17H19N3O. The Bertz CT molecular complexity index is 654. The van der Waals surface area contributed by atoms with Crippen LogP contribution >= 0.6 is 0 Å². The number of aromatic nitrogens is 1. The molecule has 3 rings (SSSR count). The molecule has 0 unspecified atom stereocenters. The molecule has 0 saturated heterocycles. The maximum atomic E-state index is 12.4. The number of fused-ring (bicyclic) bond motifs is 1. The van der Waals surface area contributed by atoms with Gasteiger partial charge in [0.15, 0.2) is 0 Å². The van der Waals surface area contributed by atoms with Crippen LogP contribution in [-0.4, -0.2) is 22.3 Å². The van der Waals surface area contributed by atoms with Crippen LogP contribution in [0.4, 0.5) is 5.69 Å². The van der Waals surface area contributed by atoms with Crippen LogP contribution < -0.4 is 5.73 Å². The van der Waals surface area contributed by atoms with Crippen LogP contribution in [0.3, 0.4) is 0 Å². The Morgan fingerprint density at radius 3 is 2.95 bits per heavy atom. The fourth-order valence-electron chi connectivity index (χ4n) is 2.74. The van der Waals surface area contributed by atoms with Crippen molar-refractivity contribution in [2.75, 3.05) is 12.3 Å². The van der Waals surface area contributed by atoms with Gasteiger partial charge < -0.3 is 10.6 Å². The molecule has 0 atom stereocenters. The number of para-hydroxylation sites is 1. The maximum absolute atomic E-state index is 12.4.